The van der Waals surface area contributed by atoms with Gasteiger partial charge in [-0.05, 0) is 37.3 Å². The van der Waals surface area contributed by atoms with Crippen LogP contribution >= 0.6 is 11.6 Å². The SMILES string of the molecule is Cc1ccc2c(c1)c(=O)n(C)c1nnc(COC(=O)c3ccc(F)cc3Cl)n21. The summed E-state index contributed by atoms with van der Waals surface area (Å²) in [5.74, 6) is -0.599. The maximum atomic E-state index is 13.2. The first-order valence-electron chi connectivity index (χ1n) is 8.32. The van der Waals surface area contributed by atoms with Crippen molar-refractivity contribution in [2.45, 2.75) is 13.5 Å². The van der Waals surface area contributed by atoms with Gasteiger partial charge in [-0.15, -0.1) is 10.2 Å². The zero-order valence-electron chi connectivity index (χ0n) is 14.9. The molecule has 2 aromatic carbocycles. The molecule has 0 radical (unpaired) electrons. The molecule has 0 fully saturated rings. The first-order chi connectivity index (χ1) is 13.4. The Balaban J connectivity index is 1.75. The van der Waals surface area contributed by atoms with E-state index in [4.69, 9.17) is 16.3 Å². The van der Waals surface area contributed by atoms with Crippen LogP contribution in [0.5, 0.6) is 0 Å². The number of benzene rings is 2. The van der Waals surface area contributed by atoms with Crippen LogP contribution in [0.3, 0.4) is 0 Å². The highest BCUT2D eigenvalue weighted by molar-refractivity contribution is 6.33. The molecule has 0 amide bonds. The van der Waals surface area contributed by atoms with E-state index < -0.39 is 11.8 Å². The Labute approximate surface area is 162 Å². The highest BCUT2D eigenvalue weighted by Crippen LogP contribution is 2.20. The summed E-state index contributed by atoms with van der Waals surface area (Å²) in [6.45, 7) is 1.69. The van der Waals surface area contributed by atoms with E-state index in [2.05, 4.69) is 10.2 Å². The predicted molar refractivity (Wildman–Crippen MR) is 101 cm³/mol. The lowest BCUT2D eigenvalue weighted by Crippen LogP contribution is -2.20. The number of aryl methyl sites for hydroxylation is 2. The van der Waals surface area contributed by atoms with Crippen molar-refractivity contribution in [3.8, 4) is 0 Å². The maximum absolute atomic E-state index is 13.2. The van der Waals surface area contributed by atoms with Gasteiger partial charge >= 0.3 is 5.97 Å². The topological polar surface area (TPSA) is 78.5 Å². The summed E-state index contributed by atoms with van der Waals surface area (Å²) in [7, 11) is 1.60. The van der Waals surface area contributed by atoms with Crippen LogP contribution in [0.25, 0.3) is 16.7 Å². The highest BCUT2D eigenvalue weighted by atomic mass is 35.5. The first kappa shape index (κ1) is 18.1. The molecular formula is C19H14ClFN4O3. The summed E-state index contributed by atoms with van der Waals surface area (Å²) in [5.41, 5.74) is 1.40. The Morgan fingerprint density at radius 1 is 1.21 bits per heavy atom. The number of hydrogen-bond acceptors (Lipinski definition) is 5. The maximum Gasteiger partial charge on any atom is 0.340 e. The number of rotatable bonds is 3. The number of nitrogens with zero attached hydrogens (tertiary/aromatic N) is 4. The molecule has 142 valence electrons. The lowest BCUT2D eigenvalue weighted by Gasteiger charge is -2.09. The minimum Gasteiger partial charge on any atom is -0.454 e. The third-order valence-electron chi connectivity index (χ3n) is 4.42. The fourth-order valence-electron chi connectivity index (χ4n) is 3.02. The van der Waals surface area contributed by atoms with Crippen LogP contribution in [0.2, 0.25) is 5.02 Å². The summed E-state index contributed by atoms with van der Waals surface area (Å²) in [6, 6.07) is 8.87. The van der Waals surface area contributed by atoms with E-state index in [9.17, 15) is 14.0 Å². The molecule has 0 aliphatic rings. The van der Waals surface area contributed by atoms with Crippen LogP contribution in [0.1, 0.15) is 21.7 Å². The molecule has 0 bridgehead atoms. The molecule has 28 heavy (non-hydrogen) atoms. The number of ether oxygens (including phenoxy) is 1. The number of hydrogen-bond donors (Lipinski definition) is 0. The molecular weight excluding hydrogens is 387 g/mol. The number of aromatic nitrogens is 4. The summed E-state index contributed by atoms with van der Waals surface area (Å²) < 4.78 is 21.5. The van der Waals surface area contributed by atoms with Gasteiger partial charge in [-0.2, -0.15) is 0 Å². The lowest BCUT2D eigenvalue weighted by molar-refractivity contribution is 0.0461. The molecule has 2 aromatic heterocycles. The molecule has 0 N–H and O–H groups in total. The van der Waals surface area contributed by atoms with Gasteiger partial charge in [0.2, 0.25) is 5.78 Å². The summed E-state index contributed by atoms with van der Waals surface area (Å²) in [6.07, 6.45) is 0. The Kier molecular flexibility index (Phi) is 4.35. The summed E-state index contributed by atoms with van der Waals surface area (Å²) >= 11 is 5.90. The van der Waals surface area contributed by atoms with E-state index in [0.717, 1.165) is 17.7 Å². The number of carbonyl (C=O) groups is 1. The van der Waals surface area contributed by atoms with Crippen molar-refractivity contribution in [1.82, 2.24) is 19.2 Å². The third-order valence-corrected chi connectivity index (χ3v) is 4.74. The third kappa shape index (κ3) is 2.91. The molecule has 0 saturated heterocycles. The van der Waals surface area contributed by atoms with Gasteiger partial charge in [-0.3, -0.25) is 13.8 Å². The van der Waals surface area contributed by atoms with Crippen molar-refractivity contribution in [3.05, 3.63) is 74.5 Å². The molecule has 4 rings (SSSR count). The van der Waals surface area contributed by atoms with Crippen molar-refractivity contribution < 1.29 is 13.9 Å². The van der Waals surface area contributed by atoms with E-state index in [1.54, 1.807) is 23.6 Å². The molecule has 2 heterocycles. The van der Waals surface area contributed by atoms with Crippen LogP contribution in [0, 0.1) is 12.7 Å². The lowest BCUT2D eigenvalue weighted by atomic mass is 10.1. The molecule has 9 heteroatoms. The van der Waals surface area contributed by atoms with Crippen molar-refractivity contribution in [3.63, 3.8) is 0 Å². The van der Waals surface area contributed by atoms with E-state index in [-0.39, 0.29) is 22.8 Å². The van der Waals surface area contributed by atoms with Crippen molar-refractivity contribution in [2.75, 3.05) is 0 Å². The Morgan fingerprint density at radius 2 is 2.00 bits per heavy atom. The second-order valence-electron chi connectivity index (χ2n) is 6.34. The zero-order valence-corrected chi connectivity index (χ0v) is 15.7. The summed E-state index contributed by atoms with van der Waals surface area (Å²) in [5, 5.41) is 8.56. The van der Waals surface area contributed by atoms with Gasteiger partial charge < -0.3 is 4.74 Å². The normalized spacial score (nSPS) is 11.3. The molecule has 0 aliphatic heterocycles. The molecule has 7 nitrogen and oxygen atoms in total. The number of fused-ring (bicyclic) bond motifs is 3. The minimum atomic E-state index is -0.716. The van der Waals surface area contributed by atoms with Gasteiger partial charge in [0.1, 0.15) is 5.82 Å². The quantitative estimate of drug-likeness (QED) is 0.494. The van der Waals surface area contributed by atoms with Crippen LogP contribution in [0.4, 0.5) is 4.39 Å². The number of carbonyl (C=O) groups excluding carboxylic acids is 1. The minimum absolute atomic E-state index is 0.0422. The Bertz CT molecular complexity index is 1310. The van der Waals surface area contributed by atoms with E-state index in [1.165, 1.54) is 10.6 Å². The van der Waals surface area contributed by atoms with Crippen molar-refractivity contribution in [1.29, 1.82) is 0 Å². The number of halogens is 2. The smallest absolute Gasteiger partial charge is 0.340 e. The first-order valence-corrected chi connectivity index (χ1v) is 8.70. The zero-order chi connectivity index (χ0) is 20.0. The molecule has 0 spiro atoms. The fourth-order valence-corrected chi connectivity index (χ4v) is 3.26. The largest absolute Gasteiger partial charge is 0.454 e. The average molecular weight is 401 g/mol. The van der Waals surface area contributed by atoms with Crippen molar-refractivity contribution in [2.24, 2.45) is 7.05 Å². The van der Waals surface area contributed by atoms with Crippen LogP contribution in [-0.4, -0.2) is 25.1 Å². The average Bonchev–Trinajstić information content (AvgIpc) is 3.08. The summed E-state index contributed by atoms with van der Waals surface area (Å²) in [4.78, 5) is 24.9. The van der Waals surface area contributed by atoms with Crippen LogP contribution in [-0.2, 0) is 18.4 Å². The molecule has 0 unspecified atom stereocenters. The Morgan fingerprint density at radius 3 is 2.75 bits per heavy atom. The highest BCUT2D eigenvalue weighted by Gasteiger charge is 2.18. The van der Waals surface area contributed by atoms with Gasteiger partial charge in [0.15, 0.2) is 12.4 Å². The predicted octanol–water partition coefficient (Wildman–Crippen LogP) is 3.04. The second-order valence-corrected chi connectivity index (χ2v) is 6.74. The van der Waals surface area contributed by atoms with Crippen molar-refractivity contribution >= 4 is 34.3 Å². The molecule has 0 atom stereocenters. The van der Waals surface area contributed by atoms with E-state index >= 15 is 0 Å². The van der Waals surface area contributed by atoms with Gasteiger partial charge in [-0.25, -0.2) is 9.18 Å². The molecule has 4 aromatic rings. The second kappa shape index (κ2) is 6.72. The number of esters is 1. The standard InChI is InChI=1S/C19H14ClFN4O3/c1-10-3-6-15-13(7-10)17(26)24(2)19-23-22-16(25(15)19)9-28-18(27)12-5-4-11(21)8-14(12)20/h3-8H,9H2,1-2H3. The van der Waals surface area contributed by atoms with Gasteiger partial charge in [0.25, 0.3) is 5.56 Å². The molecule has 0 aliphatic carbocycles. The van der Waals surface area contributed by atoms with E-state index in [0.29, 0.717) is 22.5 Å². The van der Waals surface area contributed by atoms with Gasteiger partial charge in [0.05, 0.1) is 21.5 Å². The Hall–Kier alpha value is -3.26. The molecule has 0 saturated carbocycles. The van der Waals surface area contributed by atoms with Crippen LogP contribution < -0.4 is 5.56 Å². The van der Waals surface area contributed by atoms with Gasteiger partial charge in [-0.1, -0.05) is 23.2 Å². The van der Waals surface area contributed by atoms with Crippen LogP contribution in [0.15, 0.2) is 41.2 Å². The monoisotopic (exact) mass is 400 g/mol. The van der Waals surface area contributed by atoms with E-state index in [1.807, 2.05) is 13.0 Å². The van der Waals surface area contributed by atoms with Gasteiger partial charge in [0, 0.05) is 7.05 Å². The fraction of sp³-hybridized carbons (Fsp3) is 0.158.